The number of hydrogen-bond donors (Lipinski definition) is 1. The molecule has 0 aromatic carbocycles. The van der Waals surface area contributed by atoms with Crippen molar-refractivity contribution in [3.05, 3.63) is 40.2 Å². The molecular formula is C11H12FN3O2S2. The van der Waals surface area contributed by atoms with Crippen molar-refractivity contribution in [3.8, 4) is 0 Å². The molecule has 0 aliphatic carbocycles. The van der Waals surface area contributed by atoms with Gasteiger partial charge in [0.1, 0.15) is 0 Å². The Morgan fingerprint density at radius 3 is 2.89 bits per heavy atom. The molecule has 0 amide bonds. The van der Waals surface area contributed by atoms with E-state index in [4.69, 9.17) is 0 Å². The second-order valence-electron chi connectivity index (χ2n) is 3.82. The summed E-state index contributed by atoms with van der Waals surface area (Å²) in [6, 6.07) is 2.40. The van der Waals surface area contributed by atoms with Crippen LogP contribution in [0.4, 0.5) is 4.39 Å². The molecular weight excluding hydrogens is 289 g/mol. The quantitative estimate of drug-likeness (QED) is 0.908. The summed E-state index contributed by atoms with van der Waals surface area (Å²) in [5, 5.41) is 2.15. The number of sulfonamides is 1. The van der Waals surface area contributed by atoms with E-state index in [1.54, 1.807) is 0 Å². The van der Waals surface area contributed by atoms with E-state index in [0.717, 1.165) is 16.8 Å². The molecule has 2 aromatic heterocycles. The van der Waals surface area contributed by atoms with E-state index < -0.39 is 20.9 Å². The molecule has 0 unspecified atom stereocenters. The molecule has 2 rings (SSSR count). The van der Waals surface area contributed by atoms with Crippen molar-refractivity contribution in [3.63, 3.8) is 0 Å². The zero-order valence-electron chi connectivity index (χ0n) is 10.1. The molecule has 0 saturated heterocycles. The molecule has 0 spiro atoms. The molecule has 102 valence electrons. The van der Waals surface area contributed by atoms with Crippen LogP contribution < -0.4 is 4.72 Å². The summed E-state index contributed by atoms with van der Waals surface area (Å²) in [7, 11) is -3.91. The Bertz CT molecular complexity index is 670. The van der Waals surface area contributed by atoms with E-state index in [-0.39, 0.29) is 6.54 Å². The highest BCUT2D eigenvalue weighted by Crippen LogP contribution is 2.11. The maximum absolute atomic E-state index is 13.3. The molecule has 5 nitrogen and oxygen atoms in total. The third-order valence-corrected chi connectivity index (χ3v) is 4.70. The number of aryl methyl sites for hydroxylation is 1. The molecule has 0 saturated carbocycles. The fourth-order valence-electron chi connectivity index (χ4n) is 1.45. The highest BCUT2D eigenvalue weighted by atomic mass is 32.2. The predicted octanol–water partition coefficient (Wildman–Crippen LogP) is 1.51. The molecule has 0 atom stereocenters. The minimum absolute atomic E-state index is 0.158. The third-order valence-electron chi connectivity index (χ3n) is 2.28. The van der Waals surface area contributed by atoms with Gasteiger partial charge in [-0.15, -0.1) is 11.3 Å². The van der Waals surface area contributed by atoms with Crippen molar-refractivity contribution < 1.29 is 12.8 Å². The van der Waals surface area contributed by atoms with E-state index >= 15 is 0 Å². The van der Waals surface area contributed by atoms with Crippen LogP contribution in [0.5, 0.6) is 0 Å². The molecule has 8 heteroatoms. The Morgan fingerprint density at radius 1 is 1.47 bits per heavy atom. The van der Waals surface area contributed by atoms with Crippen LogP contribution in [0, 0.1) is 12.7 Å². The SMILES string of the molecule is Cc1csc(CCNS(=O)(=O)c2ncccc2F)n1. The molecule has 0 radical (unpaired) electrons. The summed E-state index contributed by atoms with van der Waals surface area (Å²) in [5.74, 6) is -0.861. The lowest BCUT2D eigenvalue weighted by Crippen LogP contribution is -2.27. The van der Waals surface area contributed by atoms with Gasteiger partial charge in [0.05, 0.1) is 5.01 Å². The normalized spacial score (nSPS) is 11.7. The number of nitrogens with zero attached hydrogens (tertiary/aromatic N) is 2. The number of aromatic nitrogens is 2. The van der Waals surface area contributed by atoms with Crippen molar-refractivity contribution >= 4 is 21.4 Å². The van der Waals surface area contributed by atoms with Gasteiger partial charge in [0.25, 0.3) is 10.0 Å². The zero-order valence-corrected chi connectivity index (χ0v) is 11.8. The van der Waals surface area contributed by atoms with Gasteiger partial charge in [-0.1, -0.05) is 0 Å². The van der Waals surface area contributed by atoms with Crippen LogP contribution in [0.3, 0.4) is 0 Å². The Labute approximate surface area is 114 Å². The lowest BCUT2D eigenvalue weighted by Gasteiger charge is -2.05. The highest BCUT2D eigenvalue weighted by Gasteiger charge is 2.19. The minimum Gasteiger partial charge on any atom is -0.247 e. The third kappa shape index (κ3) is 3.55. The van der Waals surface area contributed by atoms with E-state index in [9.17, 15) is 12.8 Å². The number of pyridine rings is 1. The number of hydrogen-bond acceptors (Lipinski definition) is 5. The maximum Gasteiger partial charge on any atom is 0.261 e. The van der Waals surface area contributed by atoms with Gasteiger partial charge in [-0.3, -0.25) is 0 Å². The number of rotatable bonds is 5. The summed E-state index contributed by atoms with van der Waals surface area (Å²) in [4.78, 5) is 7.76. The fraction of sp³-hybridized carbons (Fsp3) is 0.273. The van der Waals surface area contributed by atoms with Crippen molar-refractivity contribution in [1.29, 1.82) is 0 Å². The lowest BCUT2D eigenvalue weighted by molar-refractivity contribution is 0.545. The van der Waals surface area contributed by atoms with Crippen LogP contribution in [0.1, 0.15) is 10.7 Å². The molecule has 0 aliphatic heterocycles. The maximum atomic E-state index is 13.3. The van der Waals surface area contributed by atoms with Crippen molar-refractivity contribution in [1.82, 2.24) is 14.7 Å². The first kappa shape index (κ1) is 14.0. The second-order valence-corrected chi connectivity index (χ2v) is 6.45. The summed E-state index contributed by atoms with van der Waals surface area (Å²) < 4.78 is 39.3. The minimum atomic E-state index is -3.91. The van der Waals surface area contributed by atoms with Gasteiger partial charge in [0.2, 0.25) is 5.03 Å². The fourth-order valence-corrected chi connectivity index (χ4v) is 3.25. The van der Waals surface area contributed by atoms with Gasteiger partial charge < -0.3 is 0 Å². The van der Waals surface area contributed by atoms with E-state index in [0.29, 0.717) is 6.42 Å². The van der Waals surface area contributed by atoms with Gasteiger partial charge in [-0.25, -0.2) is 27.5 Å². The van der Waals surface area contributed by atoms with Crippen LogP contribution in [0.25, 0.3) is 0 Å². The molecule has 2 aromatic rings. The Hall–Kier alpha value is -1.38. The largest absolute Gasteiger partial charge is 0.261 e. The Balaban J connectivity index is 2.01. The number of thiazole rings is 1. The van der Waals surface area contributed by atoms with E-state index in [1.807, 2.05) is 12.3 Å². The Morgan fingerprint density at radius 2 is 2.26 bits per heavy atom. The van der Waals surface area contributed by atoms with Gasteiger partial charge in [-0.05, 0) is 19.1 Å². The topological polar surface area (TPSA) is 72.0 Å². The molecule has 2 heterocycles. The van der Waals surface area contributed by atoms with Crippen LogP contribution in [-0.4, -0.2) is 24.9 Å². The average molecular weight is 301 g/mol. The summed E-state index contributed by atoms with van der Waals surface area (Å²) in [6.45, 7) is 2.03. The molecule has 19 heavy (non-hydrogen) atoms. The zero-order chi connectivity index (χ0) is 13.9. The number of halogens is 1. The van der Waals surface area contributed by atoms with E-state index in [1.165, 1.54) is 23.6 Å². The predicted molar refractivity (Wildman–Crippen MR) is 69.9 cm³/mol. The summed E-state index contributed by atoms with van der Waals surface area (Å²) in [5.41, 5.74) is 0.902. The molecule has 0 fully saturated rings. The van der Waals surface area contributed by atoms with Crippen molar-refractivity contribution in [2.75, 3.05) is 6.54 Å². The van der Waals surface area contributed by atoms with Gasteiger partial charge in [-0.2, -0.15) is 0 Å². The molecule has 1 N–H and O–H groups in total. The first-order chi connectivity index (χ1) is 8.99. The average Bonchev–Trinajstić information content (AvgIpc) is 2.75. The van der Waals surface area contributed by atoms with Crippen LogP contribution in [0.15, 0.2) is 28.7 Å². The van der Waals surface area contributed by atoms with Crippen molar-refractivity contribution in [2.24, 2.45) is 0 Å². The smallest absolute Gasteiger partial charge is 0.247 e. The van der Waals surface area contributed by atoms with Crippen LogP contribution in [0.2, 0.25) is 0 Å². The monoisotopic (exact) mass is 301 g/mol. The van der Waals surface area contributed by atoms with Gasteiger partial charge >= 0.3 is 0 Å². The van der Waals surface area contributed by atoms with Crippen LogP contribution in [-0.2, 0) is 16.4 Å². The van der Waals surface area contributed by atoms with E-state index in [2.05, 4.69) is 14.7 Å². The number of nitrogens with one attached hydrogen (secondary N) is 1. The van der Waals surface area contributed by atoms with Crippen molar-refractivity contribution in [2.45, 2.75) is 18.4 Å². The first-order valence-corrected chi connectivity index (χ1v) is 7.86. The second kappa shape index (κ2) is 5.72. The summed E-state index contributed by atoms with van der Waals surface area (Å²) >= 11 is 1.46. The van der Waals surface area contributed by atoms with Gasteiger partial charge in [0.15, 0.2) is 5.82 Å². The molecule has 0 aliphatic rings. The molecule has 0 bridgehead atoms. The standard InChI is InChI=1S/C11H12FN3O2S2/c1-8-7-18-10(15-8)4-6-14-19(16,17)11-9(12)3-2-5-13-11/h2-3,5,7,14H,4,6H2,1H3. The van der Waals surface area contributed by atoms with Crippen LogP contribution >= 0.6 is 11.3 Å². The van der Waals surface area contributed by atoms with Gasteiger partial charge in [0, 0.05) is 30.2 Å². The lowest BCUT2D eigenvalue weighted by atomic mass is 10.4. The Kier molecular flexibility index (Phi) is 4.23. The highest BCUT2D eigenvalue weighted by molar-refractivity contribution is 7.89. The first-order valence-electron chi connectivity index (χ1n) is 5.50. The summed E-state index contributed by atoms with van der Waals surface area (Å²) in [6.07, 6.45) is 1.70.